The highest BCUT2D eigenvalue weighted by atomic mass is 16.8. The van der Waals surface area contributed by atoms with Crippen LogP contribution in [0, 0.1) is 50.2 Å². The summed E-state index contributed by atoms with van der Waals surface area (Å²) in [6.45, 7) is 11.0. The average Bonchev–Trinajstić information content (AvgIpc) is 3.30. The largest absolute Gasteiger partial charge is 0.479 e. The molecule has 0 bridgehead atoms. The van der Waals surface area contributed by atoms with Crippen LogP contribution < -0.4 is 0 Å². The summed E-state index contributed by atoms with van der Waals surface area (Å²) in [5.74, 6) is -5.35. The van der Waals surface area contributed by atoms with Gasteiger partial charge in [0.15, 0.2) is 30.6 Å². The number of aliphatic hydroxyl groups is 10. The minimum atomic E-state index is -2.13. The summed E-state index contributed by atoms with van der Waals surface area (Å²) in [4.78, 5) is 53.5. The lowest BCUT2D eigenvalue weighted by atomic mass is 9.33. The van der Waals surface area contributed by atoms with E-state index in [0.29, 0.717) is 38.5 Å². The maximum Gasteiger partial charge on any atom is 0.335 e. The van der Waals surface area contributed by atoms with Gasteiger partial charge in [0.1, 0.15) is 61.0 Å². The standard InChI is InChI=1S/C48H72O22/c1-43-11-12-44(2,42(64)70-39-31(58)26(53)25(52)22(17-49)65-39)16-20(43)19-15-21(51)36-45(3)9-8-24(46(4,18-50)23(45)7-10-48(36,6)47(19,5)14-13-43)66-41-35(30(57)29(56)34(68-41)38(62)63)69-40-32(59)27(54)28(55)33(67-40)37(60)61/h15,20,22-36,39-41,49-50,52-59H,7-14,16-18H2,1-6H3,(H,60,61)(H,62,63)/t20-,22+,23+,24-,25+,26-,27-,28-,29-,30-,31+,32+,33-,34-,35+,36+,39-,40-,41+,43+,44-,45-,46-,47+,48+/m0/s1. The Bertz CT molecular complexity index is 2070. The van der Waals surface area contributed by atoms with Gasteiger partial charge in [-0.3, -0.25) is 9.59 Å². The van der Waals surface area contributed by atoms with Gasteiger partial charge in [0.05, 0.1) is 24.7 Å². The number of carbonyl (C=O) groups is 4. The predicted octanol–water partition coefficient (Wildman–Crippen LogP) is -1.52. The first-order chi connectivity index (χ1) is 32.6. The second kappa shape index (κ2) is 18.6. The Hall–Kier alpha value is -2.78. The van der Waals surface area contributed by atoms with Crippen molar-refractivity contribution in [3.05, 3.63) is 11.6 Å². The zero-order chi connectivity index (χ0) is 51.6. The molecular formula is C48H72O22. The SMILES string of the molecule is C[C@]1(C(=O)O[C@@H]2O[C@H](CO)[C@@H](O)[C@H](O)[C@H]2O)CC[C@]2(C)CC[C@]3(C)C(=CC(=O)[C@@H]4[C@@]5(C)CC[C@H](O[C@@H]6O[C@H](C(=O)O)[C@@H](O)[C@H](O)[C@H]6O[C@@H]6O[C@H](C(=O)O)[C@@H](O)[C@H](O)[C@H]6O)[C@@](C)(CO)[C@@H]5CC[C@]43C)[C@@H]2C1. The summed E-state index contributed by atoms with van der Waals surface area (Å²) in [5, 5.41) is 126. The molecule has 0 aromatic rings. The molecule has 0 radical (unpaired) electrons. The Morgan fingerprint density at radius 3 is 1.86 bits per heavy atom. The first-order valence-corrected chi connectivity index (χ1v) is 24.4. The Labute approximate surface area is 404 Å². The molecule has 7 fully saturated rings. The Balaban J connectivity index is 1.06. The number of allylic oxidation sites excluding steroid dienone is 2. The molecule has 4 saturated carbocycles. The number of rotatable bonds is 10. The van der Waals surface area contributed by atoms with E-state index < -0.39 is 168 Å². The van der Waals surface area contributed by atoms with Gasteiger partial charge in [-0.15, -0.1) is 0 Å². The van der Waals surface area contributed by atoms with Crippen LogP contribution in [0.25, 0.3) is 0 Å². The number of esters is 1. The van der Waals surface area contributed by atoms with E-state index in [0.717, 1.165) is 18.4 Å². The summed E-state index contributed by atoms with van der Waals surface area (Å²) in [5.41, 5.74) is -3.51. The second-order valence-corrected chi connectivity index (χ2v) is 23.3. The van der Waals surface area contributed by atoms with Gasteiger partial charge < -0.3 is 89.7 Å². The predicted molar refractivity (Wildman–Crippen MR) is 233 cm³/mol. The van der Waals surface area contributed by atoms with Crippen molar-refractivity contribution >= 4 is 23.7 Å². The Kier molecular flexibility index (Phi) is 14.2. The monoisotopic (exact) mass is 1000 g/mol. The van der Waals surface area contributed by atoms with Crippen molar-refractivity contribution in [1.29, 1.82) is 0 Å². The minimum Gasteiger partial charge on any atom is -0.479 e. The lowest BCUT2D eigenvalue weighted by Crippen LogP contribution is -2.69. The van der Waals surface area contributed by atoms with E-state index in [4.69, 9.17) is 28.4 Å². The van der Waals surface area contributed by atoms with Gasteiger partial charge in [-0.25, -0.2) is 9.59 Å². The number of ether oxygens (including phenoxy) is 6. The highest BCUT2D eigenvalue weighted by Crippen LogP contribution is 2.75. The van der Waals surface area contributed by atoms with Gasteiger partial charge in [-0.05, 0) is 104 Å². The molecule has 8 aliphatic rings. The first kappa shape index (κ1) is 53.5. The summed E-state index contributed by atoms with van der Waals surface area (Å²) in [7, 11) is 0. The van der Waals surface area contributed by atoms with Crippen molar-refractivity contribution < 1.29 is 109 Å². The van der Waals surface area contributed by atoms with E-state index in [9.17, 15) is 75.7 Å². The second-order valence-electron chi connectivity index (χ2n) is 23.3. The lowest BCUT2D eigenvalue weighted by Gasteiger charge is -2.70. The van der Waals surface area contributed by atoms with E-state index in [1.165, 1.54) is 0 Å². The van der Waals surface area contributed by atoms with Gasteiger partial charge in [-0.2, -0.15) is 0 Å². The van der Waals surface area contributed by atoms with Crippen LogP contribution in [0.2, 0.25) is 0 Å². The topological polar surface area (TPSA) is 366 Å². The van der Waals surface area contributed by atoms with Crippen molar-refractivity contribution in [3.8, 4) is 0 Å². The number of fused-ring (bicyclic) bond motifs is 7. The molecule has 3 saturated heterocycles. The van der Waals surface area contributed by atoms with E-state index >= 15 is 4.79 Å². The summed E-state index contributed by atoms with van der Waals surface area (Å²) < 4.78 is 34.5. The maximum absolute atomic E-state index is 15.2. The van der Waals surface area contributed by atoms with Crippen LogP contribution in [0.1, 0.15) is 99.3 Å². The zero-order valence-corrected chi connectivity index (χ0v) is 40.3. The van der Waals surface area contributed by atoms with Crippen LogP contribution in [-0.2, 0) is 47.6 Å². The number of ketones is 1. The number of carbonyl (C=O) groups excluding carboxylic acids is 2. The third-order valence-electron chi connectivity index (χ3n) is 19.4. The molecule has 0 amide bonds. The van der Waals surface area contributed by atoms with Crippen LogP contribution in [-0.4, -0.2) is 196 Å². The van der Waals surface area contributed by atoms with Gasteiger partial charge in [-0.1, -0.05) is 40.2 Å². The van der Waals surface area contributed by atoms with Gasteiger partial charge in [0.25, 0.3) is 0 Å². The van der Waals surface area contributed by atoms with Crippen molar-refractivity contribution in [1.82, 2.24) is 0 Å². The molecule has 3 aliphatic heterocycles. The van der Waals surface area contributed by atoms with Gasteiger partial charge >= 0.3 is 17.9 Å². The molecule has 22 nitrogen and oxygen atoms in total. The molecule has 0 aromatic carbocycles. The van der Waals surface area contributed by atoms with Crippen LogP contribution in [0.15, 0.2) is 11.6 Å². The van der Waals surface area contributed by atoms with Gasteiger partial charge in [0.2, 0.25) is 6.29 Å². The van der Waals surface area contributed by atoms with E-state index in [2.05, 4.69) is 20.8 Å². The minimum absolute atomic E-state index is 0.0919. The van der Waals surface area contributed by atoms with E-state index in [1.54, 1.807) is 19.9 Å². The molecule has 0 spiro atoms. The fourth-order valence-electron chi connectivity index (χ4n) is 14.8. The quantitative estimate of drug-likeness (QED) is 0.0873. The van der Waals surface area contributed by atoms with Gasteiger partial charge in [0, 0.05) is 11.3 Å². The maximum atomic E-state index is 15.2. The zero-order valence-electron chi connectivity index (χ0n) is 40.3. The molecule has 22 heteroatoms. The molecule has 12 N–H and O–H groups in total. The molecule has 5 aliphatic carbocycles. The first-order valence-electron chi connectivity index (χ1n) is 24.4. The smallest absolute Gasteiger partial charge is 0.335 e. The highest BCUT2D eigenvalue weighted by molar-refractivity contribution is 5.95. The molecule has 3 heterocycles. The van der Waals surface area contributed by atoms with Crippen LogP contribution in [0.3, 0.4) is 0 Å². The van der Waals surface area contributed by atoms with E-state index in [-0.39, 0.29) is 23.5 Å². The molecule has 8 rings (SSSR count). The Morgan fingerprint density at radius 2 is 1.24 bits per heavy atom. The molecular weight excluding hydrogens is 929 g/mol. The van der Waals surface area contributed by atoms with E-state index in [1.807, 2.05) is 6.92 Å². The van der Waals surface area contributed by atoms with Crippen molar-refractivity contribution in [2.24, 2.45) is 50.2 Å². The fourth-order valence-corrected chi connectivity index (χ4v) is 14.8. The van der Waals surface area contributed by atoms with Crippen LogP contribution >= 0.6 is 0 Å². The molecule has 25 atom stereocenters. The van der Waals surface area contributed by atoms with Crippen molar-refractivity contribution in [2.75, 3.05) is 13.2 Å². The molecule has 70 heavy (non-hydrogen) atoms. The number of carboxylic acid groups (broad SMARTS) is 2. The summed E-state index contributed by atoms with van der Waals surface area (Å²) in [6.07, 6.45) is -23.2. The summed E-state index contributed by atoms with van der Waals surface area (Å²) >= 11 is 0. The normalized spacial score (nSPS) is 53.6. The molecule has 396 valence electrons. The lowest BCUT2D eigenvalue weighted by molar-refractivity contribution is -0.372. The third kappa shape index (κ3) is 8.10. The number of hydrogen-bond donors (Lipinski definition) is 12. The molecule has 0 unspecified atom stereocenters. The molecule has 0 aromatic heterocycles. The van der Waals surface area contributed by atoms with Crippen LogP contribution in [0.4, 0.5) is 0 Å². The third-order valence-corrected chi connectivity index (χ3v) is 19.4. The Morgan fingerprint density at radius 1 is 0.657 bits per heavy atom. The number of carboxylic acids is 2. The summed E-state index contributed by atoms with van der Waals surface area (Å²) in [6, 6.07) is 0. The highest BCUT2D eigenvalue weighted by Gasteiger charge is 2.71. The number of hydrogen-bond acceptors (Lipinski definition) is 20. The van der Waals surface area contributed by atoms with Crippen molar-refractivity contribution in [2.45, 2.75) is 198 Å². The van der Waals surface area contributed by atoms with Crippen LogP contribution in [0.5, 0.6) is 0 Å². The fraction of sp³-hybridized carbons (Fsp3) is 0.875. The average molecular weight is 1000 g/mol. The number of aliphatic carboxylic acids is 2. The van der Waals surface area contributed by atoms with Crippen molar-refractivity contribution in [3.63, 3.8) is 0 Å². The number of aliphatic hydroxyl groups excluding tert-OH is 10.